The van der Waals surface area contributed by atoms with Crippen molar-refractivity contribution in [3.05, 3.63) is 94.5 Å². The van der Waals surface area contributed by atoms with Crippen LogP contribution in [0.4, 0.5) is 11.4 Å². The summed E-state index contributed by atoms with van der Waals surface area (Å²) < 4.78 is 0. The topological polar surface area (TPSA) is 23.6 Å². The SMILES string of the molecule is Cc1ccc(N2CC(C(=O)c3ccc(Cl)cc3)N(c3ccc(C)cc3)C2)cc1. The van der Waals surface area contributed by atoms with E-state index in [0.717, 1.165) is 11.4 Å². The van der Waals surface area contributed by atoms with Crippen LogP contribution < -0.4 is 9.80 Å². The van der Waals surface area contributed by atoms with Gasteiger partial charge in [0.15, 0.2) is 5.78 Å². The highest BCUT2D eigenvalue weighted by Crippen LogP contribution is 2.29. The molecule has 1 atom stereocenters. The maximum atomic E-state index is 13.3. The molecule has 1 aliphatic rings. The van der Waals surface area contributed by atoms with Crippen molar-refractivity contribution >= 4 is 28.8 Å². The van der Waals surface area contributed by atoms with Gasteiger partial charge in [-0.3, -0.25) is 4.79 Å². The van der Waals surface area contributed by atoms with Crippen molar-refractivity contribution in [1.82, 2.24) is 0 Å². The monoisotopic (exact) mass is 390 g/mol. The summed E-state index contributed by atoms with van der Waals surface area (Å²) in [5.74, 6) is 0.117. The first-order valence-electron chi connectivity index (χ1n) is 9.46. The van der Waals surface area contributed by atoms with E-state index in [4.69, 9.17) is 11.6 Å². The van der Waals surface area contributed by atoms with Crippen molar-refractivity contribution in [1.29, 1.82) is 0 Å². The molecular weight excluding hydrogens is 368 g/mol. The van der Waals surface area contributed by atoms with Crippen molar-refractivity contribution < 1.29 is 4.79 Å². The Labute approximate surface area is 171 Å². The highest BCUT2D eigenvalue weighted by atomic mass is 35.5. The second-order valence-electron chi connectivity index (χ2n) is 7.39. The summed E-state index contributed by atoms with van der Waals surface area (Å²) in [5.41, 5.74) is 5.32. The zero-order chi connectivity index (χ0) is 19.7. The molecule has 3 aromatic rings. The van der Waals surface area contributed by atoms with Crippen molar-refractivity contribution in [3.63, 3.8) is 0 Å². The zero-order valence-electron chi connectivity index (χ0n) is 16.1. The fourth-order valence-electron chi connectivity index (χ4n) is 3.62. The highest BCUT2D eigenvalue weighted by molar-refractivity contribution is 6.30. The van der Waals surface area contributed by atoms with Gasteiger partial charge in [-0.15, -0.1) is 0 Å². The van der Waals surface area contributed by atoms with E-state index in [1.165, 1.54) is 11.1 Å². The molecule has 0 N–H and O–H groups in total. The minimum absolute atomic E-state index is 0.117. The maximum Gasteiger partial charge on any atom is 0.187 e. The van der Waals surface area contributed by atoms with Crippen molar-refractivity contribution in [2.24, 2.45) is 0 Å². The van der Waals surface area contributed by atoms with E-state index in [1.807, 2.05) is 12.1 Å². The largest absolute Gasteiger partial charge is 0.351 e. The van der Waals surface area contributed by atoms with Gasteiger partial charge in [0.1, 0.15) is 6.04 Å². The third-order valence-corrected chi connectivity index (χ3v) is 5.54. The fourth-order valence-corrected chi connectivity index (χ4v) is 3.74. The second kappa shape index (κ2) is 7.69. The Kier molecular flexibility index (Phi) is 5.10. The summed E-state index contributed by atoms with van der Waals surface area (Å²) in [6, 6.07) is 23.8. The molecule has 1 heterocycles. The van der Waals surface area contributed by atoms with Crippen LogP contribution in [0.15, 0.2) is 72.8 Å². The molecule has 0 amide bonds. The lowest BCUT2D eigenvalue weighted by molar-refractivity contribution is 0.0968. The maximum absolute atomic E-state index is 13.3. The molecule has 4 heteroatoms. The van der Waals surface area contributed by atoms with Gasteiger partial charge < -0.3 is 9.80 Å². The first kappa shape index (κ1) is 18.6. The number of benzene rings is 3. The van der Waals surface area contributed by atoms with Gasteiger partial charge in [0.25, 0.3) is 0 Å². The zero-order valence-corrected chi connectivity index (χ0v) is 16.9. The predicted octanol–water partition coefficient (Wildman–Crippen LogP) is 5.49. The lowest BCUT2D eigenvalue weighted by Crippen LogP contribution is -2.37. The molecule has 0 bridgehead atoms. The van der Waals surface area contributed by atoms with E-state index in [2.05, 4.69) is 72.2 Å². The number of anilines is 2. The van der Waals surface area contributed by atoms with Crippen LogP contribution in [0.25, 0.3) is 0 Å². The summed E-state index contributed by atoms with van der Waals surface area (Å²) in [4.78, 5) is 17.8. The number of carbonyl (C=O) groups excluding carboxylic acids is 1. The average Bonchev–Trinajstić information content (AvgIpc) is 3.14. The molecule has 1 unspecified atom stereocenters. The lowest BCUT2D eigenvalue weighted by Gasteiger charge is -2.25. The summed E-state index contributed by atoms with van der Waals surface area (Å²) >= 11 is 6.00. The van der Waals surface area contributed by atoms with Crippen LogP contribution in [0.3, 0.4) is 0 Å². The van der Waals surface area contributed by atoms with Gasteiger partial charge in [0.2, 0.25) is 0 Å². The van der Waals surface area contributed by atoms with Crippen LogP contribution in [0, 0.1) is 13.8 Å². The van der Waals surface area contributed by atoms with Gasteiger partial charge in [0.05, 0.1) is 6.67 Å². The molecule has 0 aliphatic carbocycles. The van der Waals surface area contributed by atoms with Crippen LogP contribution in [0.2, 0.25) is 5.02 Å². The van der Waals surface area contributed by atoms with E-state index in [0.29, 0.717) is 23.8 Å². The van der Waals surface area contributed by atoms with E-state index >= 15 is 0 Å². The lowest BCUT2D eigenvalue weighted by atomic mass is 10.0. The van der Waals surface area contributed by atoms with Crippen molar-refractivity contribution in [3.8, 4) is 0 Å². The van der Waals surface area contributed by atoms with Crippen molar-refractivity contribution in [2.45, 2.75) is 19.9 Å². The standard InChI is InChI=1S/C24H23ClN2O/c1-17-3-11-21(12-4-17)26-15-23(24(28)19-7-9-20(25)10-8-19)27(16-26)22-13-5-18(2)6-14-22/h3-14,23H,15-16H2,1-2H3. The Morgan fingerprint density at radius 3 is 1.93 bits per heavy atom. The fraction of sp³-hybridized carbons (Fsp3) is 0.208. The van der Waals surface area contributed by atoms with E-state index in [9.17, 15) is 4.79 Å². The van der Waals surface area contributed by atoms with Crippen LogP contribution in [-0.4, -0.2) is 25.0 Å². The normalized spacial score (nSPS) is 16.5. The second-order valence-corrected chi connectivity index (χ2v) is 7.83. The van der Waals surface area contributed by atoms with Gasteiger partial charge in [-0.25, -0.2) is 0 Å². The molecule has 0 aromatic heterocycles. The molecule has 4 rings (SSSR count). The van der Waals surface area contributed by atoms with Crippen LogP contribution in [0.1, 0.15) is 21.5 Å². The minimum Gasteiger partial charge on any atom is -0.351 e. The van der Waals surface area contributed by atoms with E-state index in [1.54, 1.807) is 12.1 Å². The third kappa shape index (κ3) is 3.76. The Balaban J connectivity index is 1.67. The number of hydrogen-bond acceptors (Lipinski definition) is 3. The summed E-state index contributed by atoms with van der Waals surface area (Å²) in [6.45, 7) is 5.48. The van der Waals surface area contributed by atoms with Gasteiger partial charge in [-0.05, 0) is 62.4 Å². The number of halogens is 1. The minimum atomic E-state index is -0.245. The molecule has 0 spiro atoms. The Morgan fingerprint density at radius 1 is 0.821 bits per heavy atom. The molecule has 3 aromatic carbocycles. The number of rotatable bonds is 4. The van der Waals surface area contributed by atoms with Crippen molar-refractivity contribution in [2.75, 3.05) is 23.0 Å². The summed E-state index contributed by atoms with van der Waals surface area (Å²) in [6.07, 6.45) is 0. The molecule has 1 aliphatic heterocycles. The molecule has 3 nitrogen and oxygen atoms in total. The Bertz CT molecular complexity index is 965. The van der Waals surface area contributed by atoms with Gasteiger partial charge in [-0.2, -0.15) is 0 Å². The molecule has 142 valence electrons. The summed E-state index contributed by atoms with van der Waals surface area (Å²) in [7, 11) is 0. The number of Topliss-reactive ketones (excluding diaryl/α,β-unsaturated/α-hetero) is 1. The van der Waals surface area contributed by atoms with Crippen LogP contribution >= 0.6 is 11.6 Å². The molecule has 0 saturated carbocycles. The Hall–Kier alpha value is -2.78. The number of aryl methyl sites for hydroxylation is 2. The molecule has 0 radical (unpaired) electrons. The Morgan fingerprint density at radius 2 is 1.36 bits per heavy atom. The molecule has 28 heavy (non-hydrogen) atoms. The number of ketones is 1. The predicted molar refractivity (Wildman–Crippen MR) is 117 cm³/mol. The smallest absolute Gasteiger partial charge is 0.187 e. The van der Waals surface area contributed by atoms with Gasteiger partial charge in [0, 0.05) is 28.5 Å². The first-order valence-corrected chi connectivity index (χ1v) is 9.84. The van der Waals surface area contributed by atoms with Gasteiger partial charge >= 0.3 is 0 Å². The quantitative estimate of drug-likeness (QED) is 0.550. The number of hydrogen-bond donors (Lipinski definition) is 0. The van der Waals surface area contributed by atoms with Crippen LogP contribution in [-0.2, 0) is 0 Å². The molecule has 1 fully saturated rings. The molecular formula is C24H23ClN2O. The van der Waals surface area contributed by atoms with E-state index < -0.39 is 0 Å². The third-order valence-electron chi connectivity index (χ3n) is 5.29. The first-order chi connectivity index (χ1) is 13.5. The number of nitrogens with zero attached hydrogens (tertiary/aromatic N) is 2. The average molecular weight is 391 g/mol. The number of carbonyl (C=O) groups is 1. The van der Waals surface area contributed by atoms with Gasteiger partial charge in [-0.1, -0.05) is 47.0 Å². The van der Waals surface area contributed by atoms with E-state index in [-0.39, 0.29) is 11.8 Å². The highest BCUT2D eigenvalue weighted by Gasteiger charge is 2.36. The van der Waals surface area contributed by atoms with Crippen LogP contribution in [0.5, 0.6) is 0 Å². The molecule has 1 saturated heterocycles. The summed E-state index contributed by atoms with van der Waals surface area (Å²) in [5, 5.41) is 0.639.